The van der Waals surface area contributed by atoms with Gasteiger partial charge in [-0.05, 0) is 31.9 Å². The number of likely N-dealkylation sites (tertiary alicyclic amines) is 1. The summed E-state index contributed by atoms with van der Waals surface area (Å²) in [5, 5.41) is 0.784. The van der Waals surface area contributed by atoms with E-state index in [0.717, 1.165) is 42.0 Å². The second-order valence-electron chi connectivity index (χ2n) is 5.69. The molecule has 0 aromatic heterocycles. The topological polar surface area (TPSA) is 38.8 Å². The number of halogens is 1. The van der Waals surface area contributed by atoms with Crippen molar-refractivity contribution in [3.63, 3.8) is 0 Å². The molecule has 1 saturated heterocycles. The van der Waals surface area contributed by atoms with Crippen LogP contribution in [0.1, 0.15) is 31.7 Å². The van der Waals surface area contributed by atoms with Gasteiger partial charge in [0, 0.05) is 36.5 Å². The Morgan fingerprint density at radius 3 is 2.86 bits per heavy atom. The lowest BCUT2D eigenvalue weighted by atomic mass is 9.83. The summed E-state index contributed by atoms with van der Waals surface area (Å²) in [5.41, 5.74) is 0.957. The van der Waals surface area contributed by atoms with Gasteiger partial charge in [-0.2, -0.15) is 0 Å². The Morgan fingerprint density at radius 2 is 2.14 bits per heavy atom. The van der Waals surface area contributed by atoms with Crippen LogP contribution in [0.2, 0.25) is 5.02 Å². The Morgan fingerprint density at radius 1 is 1.38 bits per heavy atom. The summed E-state index contributed by atoms with van der Waals surface area (Å²) in [5.74, 6) is 0.901. The molecule has 0 bridgehead atoms. The van der Waals surface area contributed by atoms with Crippen molar-refractivity contribution in [1.29, 1.82) is 0 Å². The Balaban J connectivity index is 1.68. The standard InChI is InChI=1S/C16H20ClNO3/c1-2-20-15(19)18-10-8-16(9-11-18)7-6-12-13(17)4-3-5-14(12)21-16/h3-5H,2,6-11H2,1H3. The number of nitrogens with zero attached hydrogens (tertiary/aromatic N) is 1. The Bertz CT molecular complexity index is 538. The lowest BCUT2D eigenvalue weighted by Gasteiger charge is -2.44. The fraction of sp³-hybridized carbons (Fsp3) is 0.562. The average Bonchev–Trinajstić information content (AvgIpc) is 2.48. The maximum atomic E-state index is 11.8. The minimum atomic E-state index is -0.216. The first kappa shape index (κ1) is 14.5. The van der Waals surface area contributed by atoms with Crippen LogP contribution in [0.4, 0.5) is 4.79 Å². The molecular formula is C16H20ClNO3. The number of carbonyl (C=O) groups is 1. The van der Waals surface area contributed by atoms with Gasteiger partial charge in [0.05, 0.1) is 6.61 Å². The number of hydrogen-bond donors (Lipinski definition) is 0. The van der Waals surface area contributed by atoms with Gasteiger partial charge in [-0.1, -0.05) is 17.7 Å². The van der Waals surface area contributed by atoms with E-state index in [2.05, 4.69) is 0 Å². The van der Waals surface area contributed by atoms with E-state index in [-0.39, 0.29) is 11.7 Å². The highest BCUT2D eigenvalue weighted by Gasteiger charge is 2.41. The summed E-state index contributed by atoms with van der Waals surface area (Å²) < 4.78 is 11.3. The van der Waals surface area contributed by atoms with Crippen molar-refractivity contribution in [2.24, 2.45) is 0 Å². The normalized spacial score (nSPS) is 19.8. The molecule has 5 heteroatoms. The third kappa shape index (κ3) is 2.82. The summed E-state index contributed by atoms with van der Waals surface area (Å²) in [6, 6.07) is 5.82. The second-order valence-corrected chi connectivity index (χ2v) is 6.09. The van der Waals surface area contributed by atoms with Crippen LogP contribution in [0, 0.1) is 0 Å². The Hall–Kier alpha value is -1.42. The molecule has 0 saturated carbocycles. The molecule has 0 radical (unpaired) electrons. The first-order chi connectivity index (χ1) is 10.1. The number of piperidine rings is 1. The summed E-state index contributed by atoms with van der Waals surface area (Å²) in [7, 11) is 0. The number of hydrogen-bond acceptors (Lipinski definition) is 3. The highest BCUT2D eigenvalue weighted by molar-refractivity contribution is 6.31. The molecule has 1 aromatic rings. The maximum absolute atomic E-state index is 11.8. The van der Waals surface area contributed by atoms with Crippen LogP contribution >= 0.6 is 11.6 Å². The van der Waals surface area contributed by atoms with Gasteiger partial charge >= 0.3 is 6.09 Å². The second kappa shape index (κ2) is 5.76. The van der Waals surface area contributed by atoms with E-state index >= 15 is 0 Å². The van der Waals surface area contributed by atoms with Crippen molar-refractivity contribution >= 4 is 17.7 Å². The van der Waals surface area contributed by atoms with Crippen LogP contribution in [0.25, 0.3) is 0 Å². The van der Waals surface area contributed by atoms with Crippen LogP contribution in [-0.2, 0) is 11.2 Å². The summed E-state index contributed by atoms with van der Waals surface area (Å²) in [6.07, 6.45) is 3.37. The number of rotatable bonds is 1. The third-order valence-corrected chi connectivity index (χ3v) is 4.79. The molecule has 0 atom stereocenters. The van der Waals surface area contributed by atoms with E-state index in [1.807, 2.05) is 25.1 Å². The molecule has 2 heterocycles. The Labute approximate surface area is 130 Å². The van der Waals surface area contributed by atoms with Crippen molar-refractivity contribution in [2.75, 3.05) is 19.7 Å². The molecule has 114 valence electrons. The van der Waals surface area contributed by atoms with Gasteiger partial charge in [0.15, 0.2) is 0 Å². The molecular weight excluding hydrogens is 290 g/mol. The van der Waals surface area contributed by atoms with Crippen LogP contribution in [0.3, 0.4) is 0 Å². The van der Waals surface area contributed by atoms with Gasteiger partial charge in [0.1, 0.15) is 11.4 Å². The predicted octanol–water partition coefficient (Wildman–Crippen LogP) is 3.66. The zero-order chi connectivity index (χ0) is 14.9. The van der Waals surface area contributed by atoms with E-state index in [1.54, 1.807) is 4.90 Å². The molecule has 0 N–H and O–H groups in total. The highest BCUT2D eigenvalue weighted by atomic mass is 35.5. The molecule has 2 aliphatic rings. The minimum absolute atomic E-state index is 0.152. The van der Waals surface area contributed by atoms with Crippen molar-refractivity contribution in [2.45, 2.75) is 38.2 Å². The molecule has 1 aromatic carbocycles. The lowest BCUT2D eigenvalue weighted by molar-refractivity contribution is -0.0138. The van der Waals surface area contributed by atoms with E-state index in [4.69, 9.17) is 21.1 Å². The van der Waals surface area contributed by atoms with Crippen LogP contribution < -0.4 is 4.74 Å². The molecule has 21 heavy (non-hydrogen) atoms. The van der Waals surface area contributed by atoms with Crippen molar-refractivity contribution < 1.29 is 14.3 Å². The van der Waals surface area contributed by atoms with Gasteiger partial charge in [0.25, 0.3) is 0 Å². The van der Waals surface area contributed by atoms with E-state index in [1.165, 1.54) is 0 Å². The monoisotopic (exact) mass is 309 g/mol. The lowest BCUT2D eigenvalue weighted by Crippen LogP contribution is -2.51. The van der Waals surface area contributed by atoms with Crippen LogP contribution in [0.15, 0.2) is 18.2 Å². The van der Waals surface area contributed by atoms with Gasteiger partial charge in [-0.3, -0.25) is 0 Å². The number of ether oxygens (including phenoxy) is 2. The number of benzene rings is 1. The zero-order valence-electron chi connectivity index (χ0n) is 12.2. The van der Waals surface area contributed by atoms with Crippen LogP contribution in [0.5, 0.6) is 5.75 Å². The smallest absolute Gasteiger partial charge is 0.409 e. The number of amides is 1. The number of carbonyl (C=O) groups excluding carboxylic acids is 1. The van der Waals surface area contributed by atoms with Gasteiger partial charge in [-0.25, -0.2) is 4.79 Å². The van der Waals surface area contributed by atoms with Gasteiger partial charge < -0.3 is 14.4 Å². The molecule has 3 rings (SSSR count). The first-order valence-electron chi connectivity index (χ1n) is 7.52. The fourth-order valence-electron chi connectivity index (χ4n) is 3.18. The molecule has 4 nitrogen and oxygen atoms in total. The van der Waals surface area contributed by atoms with Gasteiger partial charge in [-0.15, -0.1) is 0 Å². The molecule has 0 unspecified atom stereocenters. The quantitative estimate of drug-likeness (QED) is 0.794. The van der Waals surface area contributed by atoms with Gasteiger partial charge in [0.2, 0.25) is 0 Å². The largest absolute Gasteiger partial charge is 0.487 e. The highest BCUT2D eigenvalue weighted by Crippen LogP contribution is 2.41. The van der Waals surface area contributed by atoms with E-state index in [0.29, 0.717) is 19.7 Å². The third-order valence-electron chi connectivity index (χ3n) is 4.43. The SMILES string of the molecule is CCOC(=O)N1CCC2(CCc3c(Cl)cccc3O2)CC1. The minimum Gasteiger partial charge on any atom is -0.487 e. The summed E-state index contributed by atoms with van der Waals surface area (Å²) in [6.45, 7) is 3.63. The summed E-state index contributed by atoms with van der Waals surface area (Å²) >= 11 is 6.22. The van der Waals surface area contributed by atoms with Crippen LogP contribution in [-0.4, -0.2) is 36.3 Å². The molecule has 1 fully saturated rings. The molecule has 0 aliphatic carbocycles. The molecule has 2 aliphatic heterocycles. The molecule has 1 amide bonds. The van der Waals surface area contributed by atoms with Crippen molar-refractivity contribution in [1.82, 2.24) is 4.90 Å². The average molecular weight is 310 g/mol. The Kier molecular flexibility index (Phi) is 3.98. The first-order valence-corrected chi connectivity index (χ1v) is 7.89. The maximum Gasteiger partial charge on any atom is 0.409 e. The van der Waals surface area contributed by atoms with E-state index in [9.17, 15) is 4.79 Å². The zero-order valence-corrected chi connectivity index (χ0v) is 13.0. The van der Waals surface area contributed by atoms with Crippen molar-refractivity contribution in [3.8, 4) is 5.75 Å². The molecule has 1 spiro atoms. The number of fused-ring (bicyclic) bond motifs is 1. The van der Waals surface area contributed by atoms with E-state index < -0.39 is 0 Å². The summed E-state index contributed by atoms with van der Waals surface area (Å²) in [4.78, 5) is 13.5. The van der Waals surface area contributed by atoms with Crippen molar-refractivity contribution in [3.05, 3.63) is 28.8 Å². The predicted molar refractivity (Wildman–Crippen MR) is 81.0 cm³/mol. The fourth-order valence-corrected chi connectivity index (χ4v) is 3.44.